The fraction of sp³-hybridized carbons (Fsp3) is 0.615. The molecule has 0 saturated heterocycles. The van der Waals surface area contributed by atoms with Gasteiger partial charge in [-0.3, -0.25) is 0 Å². The maximum Gasteiger partial charge on any atom is -0.0141 e. The lowest BCUT2D eigenvalue weighted by Gasteiger charge is -2.09. The van der Waals surface area contributed by atoms with Crippen molar-refractivity contribution in [2.24, 2.45) is 5.92 Å². The summed E-state index contributed by atoms with van der Waals surface area (Å²) >= 11 is 0. The number of hydrogen-bond donors (Lipinski definition) is 0. The Morgan fingerprint density at radius 1 is 1.31 bits per heavy atom. The molecule has 0 N–H and O–H groups in total. The van der Waals surface area contributed by atoms with Crippen LogP contribution < -0.4 is 0 Å². The SMILES string of the molecule is C=C(C)[CH]CC(C)CCC=C(C)C. The van der Waals surface area contributed by atoms with Crippen molar-refractivity contribution in [2.45, 2.75) is 47.0 Å². The molecule has 1 atom stereocenters. The Labute approximate surface area is 83.7 Å². The first kappa shape index (κ1) is 12.5. The molecule has 0 aromatic rings. The summed E-state index contributed by atoms with van der Waals surface area (Å²) in [7, 11) is 0. The van der Waals surface area contributed by atoms with Gasteiger partial charge in [0.1, 0.15) is 0 Å². The molecule has 0 bridgehead atoms. The fourth-order valence-electron chi connectivity index (χ4n) is 1.18. The lowest BCUT2D eigenvalue weighted by molar-refractivity contribution is 0.533. The van der Waals surface area contributed by atoms with Gasteiger partial charge in [0.25, 0.3) is 0 Å². The van der Waals surface area contributed by atoms with Gasteiger partial charge in [-0.15, -0.1) is 0 Å². The quantitative estimate of drug-likeness (QED) is 0.525. The highest BCUT2D eigenvalue weighted by Crippen LogP contribution is 2.15. The molecule has 0 spiro atoms. The number of rotatable bonds is 6. The third kappa shape index (κ3) is 9.39. The van der Waals surface area contributed by atoms with E-state index in [0.717, 1.165) is 5.92 Å². The van der Waals surface area contributed by atoms with Crippen LogP contribution in [0.2, 0.25) is 0 Å². The maximum absolute atomic E-state index is 3.87. The number of allylic oxidation sites excluding steroid dienone is 3. The van der Waals surface area contributed by atoms with Crippen LogP contribution in [0.4, 0.5) is 0 Å². The summed E-state index contributed by atoms with van der Waals surface area (Å²) in [6.45, 7) is 12.5. The van der Waals surface area contributed by atoms with Crippen LogP contribution in [0.25, 0.3) is 0 Å². The van der Waals surface area contributed by atoms with Crippen molar-refractivity contribution >= 4 is 0 Å². The summed E-state index contributed by atoms with van der Waals surface area (Å²) in [4.78, 5) is 0. The molecule has 1 unspecified atom stereocenters. The smallest absolute Gasteiger partial charge is 0.0141 e. The van der Waals surface area contributed by atoms with Gasteiger partial charge in [-0.1, -0.05) is 30.7 Å². The first-order valence-corrected chi connectivity index (χ1v) is 5.14. The Bertz CT molecular complexity index is 170. The molecular formula is C13H23. The van der Waals surface area contributed by atoms with Crippen molar-refractivity contribution in [1.82, 2.24) is 0 Å². The van der Waals surface area contributed by atoms with Crippen LogP contribution in [-0.4, -0.2) is 0 Å². The average Bonchev–Trinajstić information content (AvgIpc) is 2.00. The Hall–Kier alpha value is -0.520. The van der Waals surface area contributed by atoms with E-state index < -0.39 is 0 Å². The number of hydrogen-bond acceptors (Lipinski definition) is 0. The van der Waals surface area contributed by atoms with Crippen LogP contribution in [0, 0.1) is 12.3 Å². The van der Waals surface area contributed by atoms with E-state index in [1.807, 2.05) is 0 Å². The van der Waals surface area contributed by atoms with E-state index in [0.29, 0.717) is 0 Å². The summed E-state index contributed by atoms with van der Waals surface area (Å²) in [6, 6.07) is 0. The lowest BCUT2D eigenvalue weighted by atomic mass is 9.97. The van der Waals surface area contributed by atoms with E-state index in [1.165, 1.54) is 30.4 Å². The fourth-order valence-corrected chi connectivity index (χ4v) is 1.18. The van der Waals surface area contributed by atoms with Crippen molar-refractivity contribution < 1.29 is 0 Å². The Morgan fingerprint density at radius 3 is 2.38 bits per heavy atom. The minimum absolute atomic E-state index is 0.785. The standard InChI is InChI=1S/C13H23/c1-11(2)7-6-8-13(5)10-9-12(3)4/h7,9,13H,3,6,8,10H2,1-2,4-5H3. The van der Waals surface area contributed by atoms with Gasteiger partial charge in [-0.25, -0.2) is 0 Å². The minimum Gasteiger partial charge on any atom is -0.0998 e. The summed E-state index contributed by atoms with van der Waals surface area (Å²) in [6.07, 6.45) is 8.22. The average molecular weight is 179 g/mol. The second-order valence-corrected chi connectivity index (χ2v) is 4.25. The molecule has 75 valence electrons. The van der Waals surface area contributed by atoms with E-state index in [-0.39, 0.29) is 0 Å². The molecule has 0 heterocycles. The van der Waals surface area contributed by atoms with Crippen LogP contribution in [0.3, 0.4) is 0 Å². The lowest BCUT2D eigenvalue weighted by Crippen LogP contribution is -1.94. The van der Waals surface area contributed by atoms with Crippen LogP contribution >= 0.6 is 0 Å². The van der Waals surface area contributed by atoms with Crippen molar-refractivity contribution in [2.75, 3.05) is 0 Å². The monoisotopic (exact) mass is 179 g/mol. The van der Waals surface area contributed by atoms with Gasteiger partial charge in [-0.05, 0) is 52.4 Å². The summed E-state index contributed by atoms with van der Waals surface area (Å²) < 4.78 is 0. The molecule has 0 heteroatoms. The van der Waals surface area contributed by atoms with Gasteiger partial charge in [0.2, 0.25) is 0 Å². The molecule has 0 aliphatic rings. The largest absolute Gasteiger partial charge is 0.0998 e. The Kier molecular flexibility index (Phi) is 6.66. The topological polar surface area (TPSA) is 0 Å². The third-order valence-electron chi connectivity index (χ3n) is 2.08. The van der Waals surface area contributed by atoms with Crippen LogP contribution in [0.5, 0.6) is 0 Å². The Balaban J connectivity index is 3.46. The van der Waals surface area contributed by atoms with Crippen molar-refractivity contribution in [3.8, 4) is 0 Å². The zero-order chi connectivity index (χ0) is 10.3. The van der Waals surface area contributed by atoms with Crippen molar-refractivity contribution in [3.63, 3.8) is 0 Å². The van der Waals surface area contributed by atoms with E-state index in [4.69, 9.17) is 0 Å². The highest BCUT2D eigenvalue weighted by Gasteiger charge is 2.00. The molecule has 0 aromatic heterocycles. The first-order valence-electron chi connectivity index (χ1n) is 5.14. The molecule has 1 radical (unpaired) electrons. The van der Waals surface area contributed by atoms with Crippen molar-refractivity contribution in [3.05, 3.63) is 30.2 Å². The van der Waals surface area contributed by atoms with E-state index >= 15 is 0 Å². The molecule has 0 aliphatic carbocycles. The van der Waals surface area contributed by atoms with Gasteiger partial charge < -0.3 is 0 Å². The van der Waals surface area contributed by atoms with E-state index in [1.54, 1.807) is 0 Å². The van der Waals surface area contributed by atoms with Crippen LogP contribution in [-0.2, 0) is 0 Å². The summed E-state index contributed by atoms with van der Waals surface area (Å²) in [5.74, 6) is 0.785. The predicted octanol–water partition coefficient (Wildman–Crippen LogP) is 4.54. The Morgan fingerprint density at radius 2 is 1.92 bits per heavy atom. The van der Waals surface area contributed by atoms with Gasteiger partial charge >= 0.3 is 0 Å². The molecule has 0 saturated carbocycles. The predicted molar refractivity (Wildman–Crippen MR) is 61.6 cm³/mol. The highest BCUT2D eigenvalue weighted by molar-refractivity contribution is 5.03. The second-order valence-electron chi connectivity index (χ2n) is 4.25. The van der Waals surface area contributed by atoms with Crippen LogP contribution in [0.15, 0.2) is 23.8 Å². The first-order chi connectivity index (χ1) is 6.02. The summed E-state index contributed by atoms with van der Waals surface area (Å²) in [5.41, 5.74) is 2.62. The third-order valence-corrected chi connectivity index (χ3v) is 2.08. The van der Waals surface area contributed by atoms with Gasteiger partial charge in [0.05, 0.1) is 0 Å². The maximum atomic E-state index is 3.87. The van der Waals surface area contributed by atoms with Gasteiger partial charge in [0, 0.05) is 0 Å². The molecule has 0 amide bonds. The minimum atomic E-state index is 0.785. The molecule has 0 rings (SSSR count). The van der Waals surface area contributed by atoms with Crippen LogP contribution in [0.1, 0.15) is 47.0 Å². The zero-order valence-electron chi connectivity index (χ0n) is 9.56. The van der Waals surface area contributed by atoms with Gasteiger partial charge in [-0.2, -0.15) is 0 Å². The highest BCUT2D eigenvalue weighted by atomic mass is 14.1. The summed E-state index contributed by atoms with van der Waals surface area (Å²) in [5, 5.41) is 0. The molecule has 0 aromatic carbocycles. The van der Waals surface area contributed by atoms with Crippen molar-refractivity contribution in [1.29, 1.82) is 0 Å². The zero-order valence-corrected chi connectivity index (χ0v) is 9.56. The van der Waals surface area contributed by atoms with E-state index in [2.05, 4.69) is 46.8 Å². The molecule has 0 fully saturated rings. The normalized spacial score (nSPS) is 12.3. The molecule has 13 heavy (non-hydrogen) atoms. The molecule has 0 nitrogen and oxygen atoms in total. The molecule has 0 aliphatic heterocycles. The van der Waals surface area contributed by atoms with Gasteiger partial charge in [0.15, 0.2) is 0 Å². The second kappa shape index (κ2) is 6.94. The molecular weight excluding hydrogens is 156 g/mol. The van der Waals surface area contributed by atoms with E-state index in [9.17, 15) is 0 Å².